The normalized spacial score (nSPS) is 11.3. The molecule has 2 rings (SSSR count). The molecule has 0 bridgehead atoms. The van der Waals surface area contributed by atoms with Crippen molar-refractivity contribution in [3.8, 4) is 17.2 Å². The highest BCUT2D eigenvalue weighted by molar-refractivity contribution is 6.01. The van der Waals surface area contributed by atoms with E-state index in [1.165, 1.54) is 7.11 Å². The van der Waals surface area contributed by atoms with Gasteiger partial charge in [0.2, 0.25) is 0 Å². The lowest BCUT2D eigenvalue weighted by molar-refractivity contribution is 0.0954. The Morgan fingerprint density at radius 2 is 1.72 bits per heavy atom. The maximum absolute atomic E-state index is 12.3. The molecule has 0 atom stereocenters. The van der Waals surface area contributed by atoms with Crippen molar-refractivity contribution in [2.45, 2.75) is 26.9 Å². The van der Waals surface area contributed by atoms with E-state index >= 15 is 0 Å². The highest BCUT2D eigenvalue weighted by Crippen LogP contribution is 2.28. The lowest BCUT2D eigenvalue weighted by Crippen LogP contribution is -2.19. The summed E-state index contributed by atoms with van der Waals surface area (Å²) >= 11 is 0. The molecule has 0 radical (unpaired) electrons. The number of hydrogen-bond acceptors (Lipinski definition) is 5. The van der Waals surface area contributed by atoms with E-state index in [1.807, 2.05) is 13.8 Å². The van der Waals surface area contributed by atoms with E-state index in [0.29, 0.717) is 22.8 Å². The molecule has 6 nitrogen and oxygen atoms in total. The number of phenolic OH excluding ortho intramolecular Hbond substituents is 1. The molecule has 0 fully saturated rings. The van der Waals surface area contributed by atoms with Crippen molar-refractivity contribution in [1.29, 1.82) is 0 Å². The van der Waals surface area contributed by atoms with E-state index in [-0.39, 0.29) is 17.8 Å². The summed E-state index contributed by atoms with van der Waals surface area (Å²) in [7, 11) is 1.53. The molecule has 0 aliphatic heterocycles. The number of methoxy groups -OCH3 is 1. The molecule has 6 heteroatoms. The third-order valence-electron chi connectivity index (χ3n) is 3.40. The second-order valence-corrected chi connectivity index (χ2v) is 5.72. The van der Waals surface area contributed by atoms with E-state index in [2.05, 4.69) is 10.5 Å². The molecule has 0 heterocycles. The first-order valence-electron chi connectivity index (χ1n) is 7.89. The second-order valence-electron chi connectivity index (χ2n) is 5.72. The Morgan fingerprint density at radius 1 is 1.08 bits per heavy atom. The predicted octanol–water partition coefficient (Wildman–Crippen LogP) is 3.34. The fraction of sp³-hybridized carbons (Fsp3) is 0.263. The quantitative estimate of drug-likeness (QED) is 0.623. The van der Waals surface area contributed by atoms with E-state index in [9.17, 15) is 9.90 Å². The molecule has 0 spiro atoms. The number of rotatable bonds is 6. The third-order valence-corrected chi connectivity index (χ3v) is 3.40. The Hall–Kier alpha value is -3.02. The van der Waals surface area contributed by atoms with Crippen molar-refractivity contribution in [1.82, 2.24) is 5.43 Å². The average Bonchev–Trinajstić information content (AvgIpc) is 2.59. The summed E-state index contributed by atoms with van der Waals surface area (Å²) in [6.45, 7) is 5.61. The Morgan fingerprint density at radius 3 is 2.32 bits per heavy atom. The number of nitrogens with zero attached hydrogens (tertiary/aromatic N) is 1. The van der Waals surface area contributed by atoms with E-state index in [1.54, 1.807) is 49.4 Å². The van der Waals surface area contributed by atoms with Crippen molar-refractivity contribution < 1.29 is 19.4 Å². The van der Waals surface area contributed by atoms with Gasteiger partial charge in [0, 0.05) is 5.56 Å². The molecule has 0 aromatic heterocycles. The van der Waals surface area contributed by atoms with Gasteiger partial charge in [0.05, 0.1) is 18.9 Å². The van der Waals surface area contributed by atoms with Crippen LogP contribution in [0.3, 0.4) is 0 Å². The summed E-state index contributed by atoms with van der Waals surface area (Å²) in [4.78, 5) is 12.3. The van der Waals surface area contributed by atoms with Gasteiger partial charge in [0.1, 0.15) is 5.75 Å². The lowest BCUT2D eigenvalue weighted by Gasteiger charge is -2.14. The van der Waals surface area contributed by atoms with Crippen LogP contribution in [0.1, 0.15) is 36.7 Å². The number of hydrazone groups is 1. The summed E-state index contributed by atoms with van der Waals surface area (Å²) in [6, 6.07) is 11.5. The molecule has 2 aromatic carbocycles. The zero-order chi connectivity index (χ0) is 18.4. The first-order chi connectivity index (χ1) is 11.9. The molecule has 0 unspecified atom stereocenters. The number of benzene rings is 2. The van der Waals surface area contributed by atoms with Crippen LogP contribution in [0, 0.1) is 0 Å². The fourth-order valence-electron chi connectivity index (χ4n) is 2.13. The van der Waals surface area contributed by atoms with E-state index in [0.717, 1.165) is 5.56 Å². The standard InChI is InChI=1S/C19H22N2O4/c1-12(2)25-17-10-7-15(11-18(17)24-4)19(23)21-20-13(3)14-5-8-16(22)9-6-14/h5-12,22H,1-4H3,(H,21,23)/b20-13+. The number of carbonyl (C=O) groups excluding carboxylic acids is 1. The first kappa shape index (κ1) is 18.3. The maximum atomic E-state index is 12.3. The highest BCUT2D eigenvalue weighted by Gasteiger charge is 2.12. The zero-order valence-electron chi connectivity index (χ0n) is 14.7. The molecule has 0 aliphatic carbocycles. The molecule has 2 aromatic rings. The number of phenols is 1. The fourth-order valence-corrected chi connectivity index (χ4v) is 2.13. The molecule has 0 saturated heterocycles. The van der Waals surface area contributed by atoms with Crippen LogP contribution < -0.4 is 14.9 Å². The predicted molar refractivity (Wildman–Crippen MR) is 96.5 cm³/mol. The third kappa shape index (κ3) is 4.97. The smallest absolute Gasteiger partial charge is 0.271 e. The largest absolute Gasteiger partial charge is 0.508 e. The first-order valence-corrected chi connectivity index (χ1v) is 7.89. The van der Waals surface area contributed by atoms with Gasteiger partial charge in [-0.3, -0.25) is 4.79 Å². The van der Waals surface area contributed by atoms with Gasteiger partial charge in [-0.15, -0.1) is 0 Å². The van der Waals surface area contributed by atoms with Crippen LogP contribution in [0.15, 0.2) is 47.6 Å². The summed E-state index contributed by atoms with van der Waals surface area (Å²) in [6.07, 6.45) is 0.00568. The minimum atomic E-state index is -0.354. The van der Waals surface area contributed by atoms with Crippen molar-refractivity contribution in [3.63, 3.8) is 0 Å². The number of ether oxygens (including phenoxy) is 2. The van der Waals surface area contributed by atoms with Crippen molar-refractivity contribution in [2.24, 2.45) is 5.10 Å². The molecule has 0 saturated carbocycles. The van der Waals surface area contributed by atoms with Gasteiger partial charge in [0.15, 0.2) is 11.5 Å². The van der Waals surface area contributed by atoms with Crippen LogP contribution >= 0.6 is 0 Å². The van der Waals surface area contributed by atoms with Crippen molar-refractivity contribution >= 4 is 11.6 Å². The van der Waals surface area contributed by atoms with Crippen LogP contribution in [0.2, 0.25) is 0 Å². The van der Waals surface area contributed by atoms with Gasteiger partial charge in [-0.2, -0.15) is 5.10 Å². The number of amides is 1. The monoisotopic (exact) mass is 342 g/mol. The molecular weight excluding hydrogens is 320 g/mol. The number of carbonyl (C=O) groups is 1. The summed E-state index contributed by atoms with van der Waals surface area (Å²) in [5.41, 5.74) is 4.35. The average molecular weight is 342 g/mol. The number of nitrogens with one attached hydrogen (secondary N) is 1. The van der Waals surface area contributed by atoms with Gasteiger partial charge in [-0.05, 0) is 68.8 Å². The zero-order valence-corrected chi connectivity index (χ0v) is 14.7. The van der Waals surface area contributed by atoms with Gasteiger partial charge in [0.25, 0.3) is 5.91 Å². The molecule has 25 heavy (non-hydrogen) atoms. The summed E-state index contributed by atoms with van der Waals surface area (Å²) in [5.74, 6) is 0.891. The minimum Gasteiger partial charge on any atom is -0.508 e. The van der Waals surface area contributed by atoms with Crippen LogP contribution in [0.5, 0.6) is 17.2 Å². The number of aromatic hydroxyl groups is 1. The topological polar surface area (TPSA) is 80.2 Å². The molecule has 1 amide bonds. The number of hydrogen-bond donors (Lipinski definition) is 2. The molecule has 132 valence electrons. The Bertz CT molecular complexity index is 767. The van der Waals surface area contributed by atoms with Gasteiger partial charge >= 0.3 is 0 Å². The molecule has 2 N–H and O–H groups in total. The van der Waals surface area contributed by atoms with Crippen LogP contribution in [0.4, 0.5) is 0 Å². The molecule has 0 aliphatic rings. The van der Waals surface area contributed by atoms with Gasteiger partial charge < -0.3 is 14.6 Å². The van der Waals surface area contributed by atoms with E-state index < -0.39 is 0 Å². The maximum Gasteiger partial charge on any atom is 0.271 e. The second kappa shape index (κ2) is 8.19. The van der Waals surface area contributed by atoms with Crippen LogP contribution in [0.25, 0.3) is 0 Å². The Labute approximate surface area is 147 Å². The summed E-state index contributed by atoms with van der Waals surface area (Å²) in [5, 5.41) is 13.4. The van der Waals surface area contributed by atoms with Crippen molar-refractivity contribution in [3.05, 3.63) is 53.6 Å². The van der Waals surface area contributed by atoms with Gasteiger partial charge in [-0.1, -0.05) is 0 Å². The van der Waals surface area contributed by atoms with Crippen LogP contribution in [-0.2, 0) is 0 Å². The van der Waals surface area contributed by atoms with Crippen LogP contribution in [-0.4, -0.2) is 29.9 Å². The van der Waals surface area contributed by atoms with E-state index in [4.69, 9.17) is 9.47 Å². The Kier molecular flexibility index (Phi) is 6.00. The highest BCUT2D eigenvalue weighted by atomic mass is 16.5. The Balaban J connectivity index is 2.12. The molecular formula is C19H22N2O4. The lowest BCUT2D eigenvalue weighted by atomic mass is 10.1. The SMILES string of the molecule is COc1cc(C(=O)N/N=C(\C)c2ccc(O)cc2)ccc1OC(C)C. The van der Waals surface area contributed by atoms with Crippen molar-refractivity contribution in [2.75, 3.05) is 7.11 Å². The van der Waals surface area contributed by atoms with Gasteiger partial charge in [-0.25, -0.2) is 5.43 Å². The minimum absolute atomic E-state index is 0.00568. The summed E-state index contributed by atoms with van der Waals surface area (Å²) < 4.78 is 10.9.